The van der Waals surface area contributed by atoms with Gasteiger partial charge in [-0.05, 0) is 30.5 Å². The average molecular weight is 202 g/mol. The fourth-order valence-corrected chi connectivity index (χ4v) is 2.28. The Labute approximate surface area is 89.1 Å². The second-order valence-electron chi connectivity index (χ2n) is 4.33. The van der Waals surface area contributed by atoms with Gasteiger partial charge in [0.05, 0.1) is 5.69 Å². The van der Waals surface area contributed by atoms with Crippen molar-refractivity contribution in [2.24, 2.45) is 4.99 Å². The van der Waals surface area contributed by atoms with Gasteiger partial charge in [-0.1, -0.05) is 12.1 Å². The van der Waals surface area contributed by atoms with E-state index in [0.29, 0.717) is 0 Å². The first-order chi connectivity index (χ1) is 7.24. The van der Waals surface area contributed by atoms with E-state index in [1.165, 1.54) is 11.1 Å². The average Bonchev–Trinajstić information content (AvgIpc) is 2.57. The summed E-state index contributed by atoms with van der Waals surface area (Å²) in [7, 11) is 0. The SMILES string of the molecule is Cc1ccc2c(c1)N=C1[C@H](O)CCN1C2. The van der Waals surface area contributed by atoms with Gasteiger partial charge in [0.1, 0.15) is 11.9 Å². The third kappa shape index (κ3) is 1.35. The van der Waals surface area contributed by atoms with Crippen LogP contribution >= 0.6 is 0 Å². The molecule has 0 saturated carbocycles. The van der Waals surface area contributed by atoms with E-state index in [4.69, 9.17) is 0 Å². The highest BCUT2D eigenvalue weighted by atomic mass is 16.3. The lowest BCUT2D eigenvalue weighted by molar-refractivity contribution is 0.245. The predicted octanol–water partition coefficient (Wildman–Crippen LogP) is 1.61. The van der Waals surface area contributed by atoms with Crippen LogP contribution in [0.2, 0.25) is 0 Å². The molecule has 78 valence electrons. The van der Waals surface area contributed by atoms with Crippen molar-refractivity contribution in [3.05, 3.63) is 29.3 Å². The number of nitrogens with zero attached hydrogens (tertiary/aromatic N) is 2. The molecule has 3 nitrogen and oxygen atoms in total. The zero-order valence-electron chi connectivity index (χ0n) is 8.77. The molecule has 0 aromatic heterocycles. The fourth-order valence-electron chi connectivity index (χ4n) is 2.28. The van der Waals surface area contributed by atoms with Crippen LogP contribution in [0.3, 0.4) is 0 Å². The van der Waals surface area contributed by atoms with E-state index in [1.54, 1.807) is 0 Å². The molecule has 1 aromatic carbocycles. The maximum absolute atomic E-state index is 9.75. The van der Waals surface area contributed by atoms with Crippen molar-refractivity contribution in [1.82, 2.24) is 4.90 Å². The Morgan fingerprint density at radius 1 is 1.47 bits per heavy atom. The van der Waals surface area contributed by atoms with E-state index >= 15 is 0 Å². The fraction of sp³-hybridized carbons (Fsp3) is 0.417. The van der Waals surface area contributed by atoms with E-state index in [1.807, 2.05) is 0 Å². The van der Waals surface area contributed by atoms with Gasteiger partial charge in [-0.2, -0.15) is 0 Å². The van der Waals surface area contributed by atoms with Crippen molar-refractivity contribution in [3.63, 3.8) is 0 Å². The molecular formula is C12H14N2O. The Morgan fingerprint density at radius 3 is 3.20 bits per heavy atom. The zero-order valence-corrected chi connectivity index (χ0v) is 8.77. The second kappa shape index (κ2) is 3.07. The third-order valence-corrected chi connectivity index (χ3v) is 3.13. The van der Waals surface area contributed by atoms with Crippen LogP contribution < -0.4 is 0 Å². The molecule has 2 aliphatic rings. The van der Waals surface area contributed by atoms with Crippen molar-refractivity contribution in [3.8, 4) is 0 Å². The van der Waals surface area contributed by atoms with Crippen LogP contribution in [0.5, 0.6) is 0 Å². The number of fused-ring (bicyclic) bond motifs is 2. The van der Waals surface area contributed by atoms with Crippen molar-refractivity contribution in [1.29, 1.82) is 0 Å². The van der Waals surface area contributed by atoms with E-state index in [9.17, 15) is 5.11 Å². The largest absolute Gasteiger partial charge is 0.385 e. The molecule has 0 spiro atoms. The summed E-state index contributed by atoms with van der Waals surface area (Å²) in [6, 6.07) is 6.34. The number of amidine groups is 1. The van der Waals surface area contributed by atoms with Crippen molar-refractivity contribution >= 4 is 11.5 Å². The highest BCUT2D eigenvalue weighted by molar-refractivity contribution is 5.92. The normalized spacial score (nSPS) is 23.5. The number of hydrogen-bond donors (Lipinski definition) is 1. The monoisotopic (exact) mass is 202 g/mol. The summed E-state index contributed by atoms with van der Waals surface area (Å²) >= 11 is 0. The molecule has 15 heavy (non-hydrogen) atoms. The number of aliphatic imine (C=N–C) groups is 1. The van der Waals surface area contributed by atoms with Crippen LogP contribution in [-0.4, -0.2) is 28.5 Å². The number of aryl methyl sites for hydroxylation is 1. The van der Waals surface area contributed by atoms with Crippen molar-refractivity contribution < 1.29 is 5.11 Å². The van der Waals surface area contributed by atoms with Crippen LogP contribution in [0.25, 0.3) is 0 Å². The molecule has 0 aliphatic carbocycles. The minimum absolute atomic E-state index is 0.362. The van der Waals surface area contributed by atoms with Crippen LogP contribution in [0, 0.1) is 6.92 Å². The van der Waals surface area contributed by atoms with Crippen LogP contribution in [0.15, 0.2) is 23.2 Å². The number of aliphatic hydroxyl groups is 1. The van der Waals surface area contributed by atoms with Crippen LogP contribution in [0.4, 0.5) is 5.69 Å². The minimum atomic E-state index is -0.362. The molecule has 1 fully saturated rings. The lowest BCUT2D eigenvalue weighted by Gasteiger charge is -2.25. The van der Waals surface area contributed by atoms with Crippen LogP contribution in [0.1, 0.15) is 17.5 Å². The topological polar surface area (TPSA) is 35.8 Å². The van der Waals surface area contributed by atoms with Gasteiger partial charge in [-0.25, -0.2) is 4.99 Å². The van der Waals surface area contributed by atoms with Gasteiger partial charge in [-0.3, -0.25) is 0 Å². The molecule has 3 rings (SSSR count). The molecule has 1 N–H and O–H groups in total. The van der Waals surface area contributed by atoms with Gasteiger partial charge in [0.15, 0.2) is 0 Å². The molecular weight excluding hydrogens is 188 g/mol. The Balaban J connectivity index is 2.09. The van der Waals surface area contributed by atoms with E-state index in [2.05, 4.69) is 35.0 Å². The lowest BCUT2D eigenvalue weighted by atomic mass is 10.1. The molecule has 0 radical (unpaired) electrons. The smallest absolute Gasteiger partial charge is 0.134 e. The van der Waals surface area contributed by atoms with Gasteiger partial charge in [0.2, 0.25) is 0 Å². The number of rotatable bonds is 0. The summed E-state index contributed by atoms with van der Waals surface area (Å²) < 4.78 is 0. The Bertz CT molecular complexity index is 439. The number of hydrogen-bond acceptors (Lipinski definition) is 3. The highest BCUT2D eigenvalue weighted by Crippen LogP contribution is 2.30. The van der Waals surface area contributed by atoms with E-state index in [0.717, 1.165) is 31.0 Å². The van der Waals surface area contributed by atoms with Crippen molar-refractivity contribution in [2.75, 3.05) is 6.54 Å². The first-order valence-corrected chi connectivity index (χ1v) is 5.35. The maximum Gasteiger partial charge on any atom is 0.134 e. The molecule has 3 heteroatoms. The lowest BCUT2D eigenvalue weighted by Crippen LogP contribution is -2.31. The maximum atomic E-state index is 9.75. The second-order valence-corrected chi connectivity index (χ2v) is 4.33. The van der Waals surface area contributed by atoms with Gasteiger partial charge in [-0.15, -0.1) is 0 Å². The molecule has 0 bridgehead atoms. The van der Waals surface area contributed by atoms with Gasteiger partial charge < -0.3 is 10.0 Å². The zero-order chi connectivity index (χ0) is 10.4. The summed E-state index contributed by atoms with van der Waals surface area (Å²) in [5.74, 6) is 0.855. The summed E-state index contributed by atoms with van der Waals surface area (Å²) in [6.45, 7) is 3.89. The first kappa shape index (κ1) is 8.92. The molecule has 0 unspecified atom stereocenters. The quantitative estimate of drug-likeness (QED) is 0.693. The van der Waals surface area contributed by atoms with Gasteiger partial charge in [0, 0.05) is 13.1 Å². The third-order valence-electron chi connectivity index (χ3n) is 3.13. The summed E-state index contributed by atoms with van der Waals surface area (Å²) in [5, 5.41) is 9.75. The summed E-state index contributed by atoms with van der Waals surface area (Å²) in [5.41, 5.74) is 3.51. The van der Waals surface area contributed by atoms with Crippen LogP contribution in [-0.2, 0) is 6.54 Å². The summed E-state index contributed by atoms with van der Waals surface area (Å²) in [4.78, 5) is 6.71. The van der Waals surface area contributed by atoms with Gasteiger partial charge in [0.25, 0.3) is 0 Å². The van der Waals surface area contributed by atoms with Crippen molar-refractivity contribution in [2.45, 2.75) is 26.0 Å². The molecule has 1 atom stereocenters. The first-order valence-electron chi connectivity index (χ1n) is 5.35. The molecule has 0 amide bonds. The number of aliphatic hydroxyl groups excluding tert-OH is 1. The number of benzene rings is 1. The van der Waals surface area contributed by atoms with E-state index in [-0.39, 0.29) is 6.10 Å². The Kier molecular flexibility index (Phi) is 1.83. The minimum Gasteiger partial charge on any atom is -0.385 e. The molecule has 2 heterocycles. The summed E-state index contributed by atoms with van der Waals surface area (Å²) in [6.07, 6.45) is 0.449. The Morgan fingerprint density at radius 2 is 2.33 bits per heavy atom. The molecule has 2 aliphatic heterocycles. The molecule has 1 saturated heterocycles. The highest BCUT2D eigenvalue weighted by Gasteiger charge is 2.30. The molecule has 1 aromatic rings. The van der Waals surface area contributed by atoms with Gasteiger partial charge >= 0.3 is 0 Å². The Hall–Kier alpha value is -1.35. The standard InChI is InChI=1S/C12H14N2O/c1-8-2-3-9-7-14-5-4-11(15)12(14)13-10(9)6-8/h2-3,6,11,15H,4-5,7H2,1H3/t11-/m1/s1. The predicted molar refractivity (Wildman–Crippen MR) is 59.3 cm³/mol. The van der Waals surface area contributed by atoms with E-state index < -0.39 is 0 Å².